The van der Waals surface area contributed by atoms with Crippen molar-refractivity contribution in [2.24, 2.45) is 0 Å². The van der Waals surface area contributed by atoms with Crippen LogP contribution in [0.4, 0.5) is 5.69 Å². The number of carbonyl (C=O) groups is 3. The van der Waals surface area contributed by atoms with Crippen LogP contribution in [0, 0.1) is 6.92 Å². The molecule has 1 saturated heterocycles. The minimum absolute atomic E-state index is 0.0569. The number of para-hydroxylation sites is 1. The number of piperidine rings is 1. The van der Waals surface area contributed by atoms with Gasteiger partial charge in [0, 0.05) is 31.7 Å². The number of allylic oxidation sites excluding steroid dienone is 1. The lowest BCUT2D eigenvalue weighted by Gasteiger charge is -2.34. The molecule has 45 heavy (non-hydrogen) atoms. The number of unbranched alkanes of at least 4 members (excludes halogenated alkanes) is 1. The summed E-state index contributed by atoms with van der Waals surface area (Å²) in [5.41, 5.74) is 2.31. The van der Waals surface area contributed by atoms with Crippen molar-refractivity contribution in [1.29, 1.82) is 0 Å². The van der Waals surface area contributed by atoms with E-state index in [-0.39, 0.29) is 34.4 Å². The quantitative estimate of drug-likeness (QED) is 0.164. The Hall–Kier alpha value is -4.63. The highest BCUT2D eigenvalue weighted by molar-refractivity contribution is 6.13. The van der Waals surface area contributed by atoms with Gasteiger partial charge in [-0.25, -0.2) is 0 Å². The fraction of sp³-hybridized carbons (Fsp3) is 0.361. The normalized spacial score (nSPS) is 13.7. The Labute approximate surface area is 265 Å². The highest BCUT2D eigenvalue weighted by Crippen LogP contribution is 2.32. The number of methoxy groups -OCH3 is 1. The number of carbonyl (C=O) groups excluding carboxylic acids is 3. The topological polar surface area (TPSA) is 99.6 Å². The number of phenolic OH excluding ortho intramolecular Hbond substituents is 1. The van der Waals surface area contributed by atoms with Crippen LogP contribution in [0.5, 0.6) is 17.2 Å². The highest BCUT2D eigenvalue weighted by atomic mass is 16.5. The van der Waals surface area contributed by atoms with E-state index in [1.54, 1.807) is 31.3 Å². The van der Waals surface area contributed by atoms with E-state index in [9.17, 15) is 19.5 Å². The second kappa shape index (κ2) is 15.4. The van der Waals surface area contributed by atoms with Crippen molar-refractivity contribution in [2.75, 3.05) is 52.8 Å². The molecule has 1 fully saturated rings. The molecule has 238 valence electrons. The molecule has 9 nitrogen and oxygen atoms in total. The summed E-state index contributed by atoms with van der Waals surface area (Å²) in [6.07, 6.45) is 6.96. The van der Waals surface area contributed by atoms with Crippen LogP contribution in [0.2, 0.25) is 0 Å². The molecule has 9 heteroatoms. The summed E-state index contributed by atoms with van der Waals surface area (Å²) < 4.78 is 11.6. The molecular formula is C36H43N3O6. The third-order valence-electron chi connectivity index (χ3n) is 8.16. The smallest absolute Gasteiger partial charge is 0.258 e. The van der Waals surface area contributed by atoms with Gasteiger partial charge in [-0.3, -0.25) is 14.4 Å². The van der Waals surface area contributed by atoms with E-state index < -0.39 is 5.78 Å². The Balaban J connectivity index is 1.36. The van der Waals surface area contributed by atoms with Crippen LogP contribution in [0.3, 0.4) is 0 Å². The van der Waals surface area contributed by atoms with Crippen molar-refractivity contribution < 1.29 is 29.0 Å². The third-order valence-corrected chi connectivity index (χ3v) is 8.16. The first kappa shape index (κ1) is 33.3. The summed E-state index contributed by atoms with van der Waals surface area (Å²) in [5, 5.41) is 10.1. The molecule has 0 bridgehead atoms. The number of benzene rings is 3. The van der Waals surface area contributed by atoms with Crippen molar-refractivity contribution in [3.63, 3.8) is 0 Å². The Morgan fingerprint density at radius 2 is 1.69 bits per heavy atom. The van der Waals surface area contributed by atoms with E-state index in [4.69, 9.17) is 9.47 Å². The van der Waals surface area contributed by atoms with E-state index in [1.165, 1.54) is 36.3 Å². The molecule has 0 saturated carbocycles. The number of phenols is 1. The summed E-state index contributed by atoms with van der Waals surface area (Å²) >= 11 is 0. The van der Waals surface area contributed by atoms with E-state index in [1.807, 2.05) is 36.1 Å². The number of anilines is 1. The van der Waals surface area contributed by atoms with Crippen LogP contribution >= 0.6 is 0 Å². The third kappa shape index (κ3) is 8.30. The maximum Gasteiger partial charge on any atom is 0.258 e. The molecule has 0 radical (unpaired) electrons. The fourth-order valence-corrected chi connectivity index (χ4v) is 5.42. The van der Waals surface area contributed by atoms with Crippen molar-refractivity contribution in [2.45, 2.75) is 38.6 Å². The minimum Gasteiger partial charge on any atom is -0.507 e. The van der Waals surface area contributed by atoms with Crippen molar-refractivity contribution >= 4 is 23.3 Å². The molecule has 1 N–H and O–H groups in total. The second-order valence-electron chi connectivity index (χ2n) is 11.5. The number of rotatable bonds is 12. The van der Waals surface area contributed by atoms with Gasteiger partial charge in [0.25, 0.3) is 5.91 Å². The zero-order valence-corrected chi connectivity index (χ0v) is 26.8. The van der Waals surface area contributed by atoms with Crippen molar-refractivity contribution in [3.05, 3.63) is 95.1 Å². The lowest BCUT2D eigenvalue weighted by molar-refractivity contribution is -0.127. The van der Waals surface area contributed by atoms with Gasteiger partial charge in [-0.15, -0.1) is 0 Å². The van der Waals surface area contributed by atoms with Crippen LogP contribution < -0.4 is 14.4 Å². The molecule has 0 spiro atoms. The number of hydrogen-bond donors (Lipinski definition) is 1. The fourth-order valence-electron chi connectivity index (χ4n) is 5.42. The standard InChI is InChI=1S/C36H43N3O6/c1-25-14-17-30(33(23-25)45-22-10-6-7-13-34(41)39-20-18-27(19-21-39)37(2)3)38(4)36(43)26-15-16-29(32(24-26)44-5)35(42)28-11-8-9-12-31(28)40/h7-9,11-17,23-24,27,40H,6,10,18-22H2,1-5H3. The minimum atomic E-state index is -0.407. The first-order valence-electron chi connectivity index (χ1n) is 15.2. The van der Waals surface area contributed by atoms with Gasteiger partial charge in [-0.05, 0) is 101 Å². The number of nitrogens with zero attached hydrogens (tertiary/aromatic N) is 3. The van der Waals surface area contributed by atoms with Gasteiger partial charge in [0.2, 0.25) is 5.91 Å². The van der Waals surface area contributed by atoms with E-state index in [0.29, 0.717) is 42.5 Å². The number of aromatic hydroxyl groups is 1. The first-order valence-corrected chi connectivity index (χ1v) is 15.2. The van der Waals surface area contributed by atoms with Crippen LogP contribution in [0.1, 0.15) is 57.5 Å². The Morgan fingerprint density at radius 3 is 2.38 bits per heavy atom. The van der Waals surface area contributed by atoms with E-state index in [2.05, 4.69) is 19.0 Å². The zero-order chi connectivity index (χ0) is 32.5. The van der Waals surface area contributed by atoms with Gasteiger partial charge >= 0.3 is 0 Å². The van der Waals surface area contributed by atoms with Gasteiger partial charge < -0.3 is 29.3 Å². The van der Waals surface area contributed by atoms with E-state index >= 15 is 0 Å². The number of ketones is 1. The molecule has 3 aromatic carbocycles. The monoisotopic (exact) mass is 613 g/mol. The van der Waals surface area contributed by atoms with Gasteiger partial charge in [0.15, 0.2) is 5.78 Å². The SMILES string of the molecule is COc1cc(C(=O)N(C)c2ccc(C)cc2OCCCC=CC(=O)N2CCC(N(C)C)CC2)ccc1C(=O)c1ccccc1O. The zero-order valence-electron chi connectivity index (χ0n) is 26.8. The molecule has 4 rings (SSSR count). The van der Waals surface area contributed by atoms with Gasteiger partial charge in [-0.2, -0.15) is 0 Å². The molecule has 1 aliphatic heterocycles. The Kier molecular flexibility index (Phi) is 11.4. The number of ether oxygens (including phenoxy) is 2. The van der Waals surface area contributed by atoms with Crippen LogP contribution in [0.15, 0.2) is 72.8 Å². The number of likely N-dealkylation sites (tertiary alicyclic amines) is 1. The van der Waals surface area contributed by atoms with Gasteiger partial charge in [0.05, 0.1) is 30.5 Å². The molecule has 0 atom stereocenters. The predicted octanol–water partition coefficient (Wildman–Crippen LogP) is 5.48. The van der Waals surface area contributed by atoms with Crippen LogP contribution in [-0.2, 0) is 4.79 Å². The van der Waals surface area contributed by atoms with Gasteiger partial charge in [-0.1, -0.05) is 24.3 Å². The van der Waals surface area contributed by atoms with Crippen LogP contribution in [-0.4, -0.2) is 86.5 Å². The summed E-state index contributed by atoms with van der Waals surface area (Å²) in [6, 6.07) is 17.1. The second-order valence-corrected chi connectivity index (χ2v) is 11.5. The summed E-state index contributed by atoms with van der Waals surface area (Å²) in [6.45, 7) is 3.94. The Morgan fingerprint density at radius 1 is 0.956 bits per heavy atom. The summed E-state index contributed by atoms with van der Waals surface area (Å²) in [7, 11) is 7.27. The maximum absolute atomic E-state index is 13.6. The molecular weight excluding hydrogens is 570 g/mol. The summed E-state index contributed by atoms with van der Waals surface area (Å²) in [5.74, 6) is 0.0219. The summed E-state index contributed by atoms with van der Waals surface area (Å²) in [4.78, 5) is 44.8. The highest BCUT2D eigenvalue weighted by Gasteiger charge is 2.24. The van der Waals surface area contributed by atoms with Crippen LogP contribution in [0.25, 0.3) is 0 Å². The van der Waals surface area contributed by atoms with Crippen molar-refractivity contribution in [1.82, 2.24) is 9.80 Å². The molecule has 1 aliphatic rings. The maximum atomic E-state index is 13.6. The molecule has 2 amide bonds. The van der Waals surface area contributed by atoms with E-state index in [0.717, 1.165) is 31.5 Å². The lowest BCUT2D eigenvalue weighted by atomic mass is 9.99. The van der Waals surface area contributed by atoms with Gasteiger partial charge in [0.1, 0.15) is 17.2 Å². The molecule has 3 aromatic rings. The molecule has 0 aliphatic carbocycles. The predicted molar refractivity (Wildman–Crippen MR) is 176 cm³/mol. The molecule has 0 aromatic heterocycles. The average molecular weight is 614 g/mol. The number of hydrogen-bond acceptors (Lipinski definition) is 7. The Bertz CT molecular complexity index is 1540. The molecule has 0 unspecified atom stereocenters. The largest absolute Gasteiger partial charge is 0.507 e. The lowest BCUT2D eigenvalue weighted by Crippen LogP contribution is -2.43. The van der Waals surface area contributed by atoms with Crippen molar-refractivity contribution in [3.8, 4) is 17.2 Å². The number of aryl methyl sites for hydroxylation is 1. The average Bonchev–Trinajstić information content (AvgIpc) is 3.05. The molecule has 1 heterocycles. The first-order chi connectivity index (χ1) is 21.6. The number of amides is 2.